The van der Waals surface area contributed by atoms with E-state index >= 15 is 0 Å². The van der Waals surface area contributed by atoms with Gasteiger partial charge >= 0.3 is 0 Å². The quantitative estimate of drug-likeness (QED) is 0.821. The van der Waals surface area contributed by atoms with Crippen molar-refractivity contribution < 1.29 is 22.3 Å². The summed E-state index contributed by atoms with van der Waals surface area (Å²) >= 11 is 0. The molecule has 2 aliphatic rings. The van der Waals surface area contributed by atoms with Gasteiger partial charge in [0.05, 0.1) is 10.4 Å². The highest BCUT2D eigenvalue weighted by molar-refractivity contribution is 7.89. The zero-order valence-corrected chi connectivity index (χ0v) is 15.4. The molecule has 2 saturated heterocycles. The lowest BCUT2D eigenvalue weighted by Crippen LogP contribution is -2.58. The third-order valence-electron chi connectivity index (χ3n) is 5.00. The van der Waals surface area contributed by atoms with Gasteiger partial charge in [0.2, 0.25) is 15.9 Å². The summed E-state index contributed by atoms with van der Waals surface area (Å²) in [4.78, 5) is 14.5. The number of halogens is 1. The van der Waals surface area contributed by atoms with Crippen LogP contribution in [0.15, 0.2) is 29.2 Å². The molecule has 144 valence electrons. The molecule has 0 bridgehead atoms. The second kappa shape index (κ2) is 7.59. The van der Waals surface area contributed by atoms with Crippen molar-refractivity contribution in [2.75, 3.05) is 39.4 Å². The van der Waals surface area contributed by atoms with Gasteiger partial charge in [-0.15, -0.1) is 0 Å². The number of sulfonamides is 1. The lowest BCUT2D eigenvalue weighted by Gasteiger charge is -2.36. The van der Waals surface area contributed by atoms with Crippen molar-refractivity contribution in [3.8, 4) is 0 Å². The van der Waals surface area contributed by atoms with E-state index in [4.69, 9.17) is 10.5 Å². The van der Waals surface area contributed by atoms with Gasteiger partial charge in [-0.05, 0) is 43.5 Å². The van der Waals surface area contributed by atoms with E-state index < -0.39 is 21.4 Å². The van der Waals surface area contributed by atoms with Crippen LogP contribution in [-0.4, -0.2) is 68.5 Å². The molecule has 2 aliphatic heterocycles. The van der Waals surface area contributed by atoms with Crippen LogP contribution >= 0.6 is 0 Å². The number of rotatable bonds is 3. The highest BCUT2D eigenvalue weighted by atomic mass is 32.2. The minimum Gasteiger partial charge on any atom is -0.381 e. The van der Waals surface area contributed by atoms with Crippen LogP contribution in [0.5, 0.6) is 0 Å². The Morgan fingerprint density at radius 2 is 1.73 bits per heavy atom. The fourth-order valence-electron chi connectivity index (χ4n) is 3.36. The number of nitrogens with zero attached hydrogens (tertiary/aromatic N) is 2. The van der Waals surface area contributed by atoms with E-state index in [0.29, 0.717) is 52.1 Å². The van der Waals surface area contributed by atoms with E-state index in [0.717, 1.165) is 12.1 Å². The molecule has 26 heavy (non-hydrogen) atoms. The maximum atomic E-state index is 13.1. The number of carbonyl (C=O) groups is 1. The summed E-state index contributed by atoms with van der Waals surface area (Å²) in [7, 11) is -3.71. The SMILES string of the molecule is NC1(C(=O)N2CCCN(S(=O)(=O)c3ccc(F)cc3)CC2)CCOCC1. The number of nitrogens with two attached hydrogens (primary N) is 1. The van der Waals surface area contributed by atoms with Crippen molar-refractivity contribution >= 4 is 15.9 Å². The van der Waals surface area contributed by atoms with Crippen LogP contribution in [0.25, 0.3) is 0 Å². The van der Waals surface area contributed by atoms with E-state index in [1.54, 1.807) is 4.90 Å². The fraction of sp³-hybridized carbons (Fsp3) is 0.588. The second-order valence-corrected chi connectivity index (χ2v) is 8.71. The molecule has 0 radical (unpaired) electrons. The predicted octanol–water partition coefficient (Wildman–Crippen LogP) is 0.557. The summed E-state index contributed by atoms with van der Waals surface area (Å²) in [5.74, 6) is -0.622. The van der Waals surface area contributed by atoms with Crippen molar-refractivity contribution in [1.82, 2.24) is 9.21 Å². The van der Waals surface area contributed by atoms with Gasteiger partial charge in [-0.25, -0.2) is 12.8 Å². The van der Waals surface area contributed by atoms with Crippen LogP contribution in [0.1, 0.15) is 19.3 Å². The monoisotopic (exact) mass is 385 g/mol. The molecule has 7 nitrogen and oxygen atoms in total. The summed E-state index contributed by atoms with van der Waals surface area (Å²) < 4.78 is 45.2. The molecule has 0 aromatic heterocycles. The molecule has 2 N–H and O–H groups in total. The molecule has 0 unspecified atom stereocenters. The summed E-state index contributed by atoms with van der Waals surface area (Å²) in [6, 6.07) is 4.78. The molecular weight excluding hydrogens is 361 g/mol. The molecule has 0 saturated carbocycles. The number of carbonyl (C=O) groups excluding carboxylic acids is 1. The standard InChI is InChI=1S/C17H24FN3O4S/c18-14-2-4-15(5-3-14)26(23,24)21-9-1-8-20(10-11-21)16(22)17(19)6-12-25-13-7-17/h2-5H,1,6-13,19H2. The molecule has 0 aliphatic carbocycles. The first kappa shape index (κ1) is 19.2. The minimum atomic E-state index is -3.71. The maximum absolute atomic E-state index is 13.1. The molecule has 1 aromatic rings. The average Bonchev–Trinajstić information content (AvgIpc) is 2.88. The average molecular weight is 385 g/mol. The molecule has 1 aromatic carbocycles. The molecular formula is C17H24FN3O4S. The van der Waals surface area contributed by atoms with Gasteiger partial charge in [-0.1, -0.05) is 0 Å². The van der Waals surface area contributed by atoms with Crippen molar-refractivity contribution in [3.05, 3.63) is 30.1 Å². The van der Waals surface area contributed by atoms with Crippen LogP contribution < -0.4 is 5.73 Å². The molecule has 2 fully saturated rings. The van der Waals surface area contributed by atoms with Crippen LogP contribution in [-0.2, 0) is 19.6 Å². The number of amides is 1. The van der Waals surface area contributed by atoms with Crippen molar-refractivity contribution in [2.45, 2.75) is 29.7 Å². The first-order valence-corrected chi connectivity index (χ1v) is 10.2. The third kappa shape index (κ3) is 3.90. The van der Waals surface area contributed by atoms with Crippen molar-refractivity contribution in [1.29, 1.82) is 0 Å². The van der Waals surface area contributed by atoms with Gasteiger partial charge < -0.3 is 15.4 Å². The molecule has 2 heterocycles. The summed E-state index contributed by atoms with van der Waals surface area (Å²) in [6.07, 6.45) is 1.47. The van der Waals surface area contributed by atoms with Crippen molar-refractivity contribution in [3.63, 3.8) is 0 Å². The molecule has 1 amide bonds. The Kier molecular flexibility index (Phi) is 5.61. The Labute approximate surface area is 152 Å². The van der Waals surface area contributed by atoms with E-state index in [1.807, 2.05) is 0 Å². The second-order valence-electron chi connectivity index (χ2n) is 6.77. The molecule has 3 rings (SSSR count). The van der Waals surface area contributed by atoms with E-state index in [1.165, 1.54) is 16.4 Å². The van der Waals surface area contributed by atoms with Gasteiger partial charge in [0.25, 0.3) is 0 Å². The van der Waals surface area contributed by atoms with E-state index in [9.17, 15) is 17.6 Å². The van der Waals surface area contributed by atoms with E-state index in [2.05, 4.69) is 0 Å². The largest absolute Gasteiger partial charge is 0.381 e. The first-order chi connectivity index (χ1) is 12.3. The van der Waals surface area contributed by atoms with Gasteiger partial charge in [-0.2, -0.15) is 4.31 Å². The zero-order valence-electron chi connectivity index (χ0n) is 14.6. The zero-order chi connectivity index (χ0) is 18.8. The number of hydrogen-bond acceptors (Lipinski definition) is 5. The van der Waals surface area contributed by atoms with Crippen LogP contribution in [0.3, 0.4) is 0 Å². The van der Waals surface area contributed by atoms with Crippen LogP contribution in [0.4, 0.5) is 4.39 Å². The topological polar surface area (TPSA) is 92.9 Å². The molecule has 0 atom stereocenters. The highest BCUT2D eigenvalue weighted by Crippen LogP contribution is 2.23. The summed E-state index contributed by atoms with van der Waals surface area (Å²) in [5.41, 5.74) is 5.34. The number of benzene rings is 1. The lowest BCUT2D eigenvalue weighted by molar-refractivity contribution is -0.140. The van der Waals surface area contributed by atoms with Crippen LogP contribution in [0, 0.1) is 5.82 Å². The summed E-state index contributed by atoms with van der Waals surface area (Å²) in [6.45, 7) is 2.18. The van der Waals surface area contributed by atoms with Gasteiger partial charge in [0.15, 0.2) is 0 Å². The highest BCUT2D eigenvalue weighted by Gasteiger charge is 2.40. The van der Waals surface area contributed by atoms with E-state index in [-0.39, 0.29) is 17.3 Å². The lowest BCUT2D eigenvalue weighted by atomic mass is 9.89. The maximum Gasteiger partial charge on any atom is 0.243 e. The Morgan fingerprint density at radius 3 is 2.38 bits per heavy atom. The number of hydrogen-bond donors (Lipinski definition) is 1. The number of ether oxygens (including phenoxy) is 1. The summed E-state index contributed by atoms with van der Waals surface area (Å²) in [5, 5.41) is 0. The Hall–Kier alpha value is -1.55. The minimum absolute atomic E-state index is 0.0541. The van der Waals surface area contributed by atoms with Gasteiger partial charge in [0.1, 0.15) is 5.82 Å². The normalized spacial score (nSPS) is 22.0. The Balaban J connectivity index is 1.70. The smallest absolute Gasteiger partial charge is 0.243 e. The van der Waals surface area contributed by atoms with Gasteiger partial charge in [0, 0.05) is 39.4 Å². The molecule has 9 heteroatoms. The Morgan fingerprint density at radius 1 is 1.08 bits per heavy atom. The fourth-order valence-corrected chi connectivity index (χ4v) is 4.83. The third-order valence-corrected chi connectivity index (χ3v) is 6.92. The van der Waals surface area contributed by atoms with Crippen LogP contribution in [0.2, 0.25) is 0 Å². The van der Waals surface area contributed by atoms with Gasteiger partial charge in [-0.3, -0.25) is 4.79 Å². The van der Waals surface area contributed by atoms with Crippen molar-refractivity contribution in [2.24, 2.45) is 5.73 Å². The predicted molar refractivity (Wildman–Crippen MR) is 93.3 cm³/mol. The Bertz CT molecular complexity index is 748. The first-order valence-electron chi connectivity index (χ1n) is 8.75. The molecule has 0 spiro atoms.